The van der Waals surface area contributed by atoms with Crippen molar-refractivity contribution in [2.75, 3.05) is 0 Å². The maximum Gasteiger partial charge on any atom is 0.265 e. The molecule has 4 heteroatoms. The summed E-state index contributed by atoms with van der Waals surface area (Å²) in [4.78, 5) is 19.7. The molecule has 0 unspecified atom stereocenters. The molecule has 0 spiro atoms. The Morgan fingerprint density at radius 2 is 1.76 bits per heavy atom. The van der Waals surface area contributed by atoms with Crippen molar-refractivity contribution in [2.45, 2.75) is 41.0 Å². The Morgan fingerprint density at radius 1 is 1.19 bits per heavy atom. The minimum atomic E-state index is -0.116. The van der Waals surface area contributed by atoms with Gasteiger partial charge in [-0.05, 0) is 60.2 Å². The molecule has 1 aromatic heterocycles. The van der Waals surface area contributed by atoms with Crippen LogP contribution in [-0.4, -0.2) is 9.97 Å². The van der Waals surface area contributed by atoms with Gasteiger partial charge >= 0.3 is 0 Å². The van der Waals surface area contributed by atoms with Crippen LogP contribution in [0.15, 0.2) is 21.4 Å². The number of aromatic amines is 1. The number of aromatic nitrogens is 2. The van der Waals surface area contributed by atoms with E-state index in [1.165, 1.54) is 5.56 Å². The van der Waals surface area contributed by atoms with Gasteiger partial charge in [0.25, 0.3) is 5.56 Å². The van der Waals surface area contributed by atoms with E-state index in [0.29, 0.717) is 16.2 Å². The molecule has 21 heavy (non-hydrogen) atoms. The first-order valence-corrected chi connectivity index (χ1v) is 7.95. The first-order chi connectivity index (χ1) is 9.79. The molecular weight excluding hydrogens is 328 g/mol. The number of H-pyrrole nitrogens is 1. The minimum Gasteiger partial charge on any atom is -0.306 e. The fourth-order valence-corrected chi connectivity index (χ4v) is 3.05. The molecule has 0 fully saturated rings. The van der Waals surface area contributed by atoms with Gasteiger partial charge in [-0.1, -0.05) is 31.5 Å². The number of benzene rings is 1. The summed E-state index contributed by atoms with van der Waals surface area (Å²) in [5.74, 6) is 1.11. The standard InChI is InChI=1S/C17H21BrN2O/c1-9(2)6-13-15(18)17(21)20-16(19-13)14-11(4)7-10(3)8-12(14)5/h7-9H,6H2,1-5H3,(H,19,20,21). The normalized spacial score (nSPS) is 11.2. The highest BCUT2D eigenvalue weighted by molar-refractivity contribution is 9.10. The zero-order chi connectivity index (χ0) is 15.7. The lowest BCUT2D eigenvalue weighted by Crippen LogP contribution is -2.15. The topological polar surface area (TPSA) is 45.8 Å². The Kier molecular flexibility index (Phi) is 4.67. The van der Waals surface area contributed by atoms with E-state index < -0.39 is 0 Å². The van der Waals surface area contributed by atoms with E-state index in [1.54, 1.807) is 0 Å². The summed E-state index contributed by atoms with van der Waals surface area (Å²) < 4.78 is 0.544. The molecule has 1 aromatic carbocycles. The third-order valence-corrected chi connectivity index (χ3v) is 4.26. The van der Waals surface area contributed by atoms with E-state index in [0.717, 1.165) is 28.8 Å². The van der Waals surface area contributed by atoms with Crippen LogP contribution in [0.4, 0.5) is 0 Å². The first-order valence-electron chi connectivity index (χ1n) is 7.16. The van der Waals surface area contributed by atoms with Crippen LogP contribution in [0.1, 0.15) is 36.2 Å². The number of halogens is 1. The van der Waals surface area contributed by atoms with E-state index in [2.05, 4.69) is 67.7 Å². The Bertz CT molecular complexity index is 709. The van der Waals surface area contributed by atoms with Crippen molar-refractivity contribution >= 4 is 15.9 Å². The van der Waals surface area contributed by atoms with Gasteiger partial charge in [0.15, 0.2) is 0 Å². The van der Waals surface area contributed by atoms with E-state index >= 15 is 0 Å². The monoisotopic (exact) mass is 348 g/mol. The lowest BCUT2D eigenvalue weighted by atomic mass is 9.99. The fraction of sp³-hybridized carbons (Fsp3) is 0.412. The number of aryl methyl sites for hydroxylation is 3. The highest BCUT2D eigenvalue weighted by Crippen LogP contribution is 2.26. The average Bonchev–Trinajstić information content (AvgIpc) is 2.33. The predicted octanol–water partition coefficient (Wildman–Crippen LogP) is 4.32. The molecular formula is C17H21BrN2O. The van der Waals surface area contributed by atoms with E-state index in [-0.39, 0.29) is 5.56 Å². The maximum absolute atomic E-state index is 12.2. The molecule has 2 aromatic rings. The van der Waals surface area contributed by atoms with Gasteiger partial charge in [-0.2, -0.15) is 0 Å². The summed E-state index contributed by atoms with van der Waals surface area (Å²) in [5, 5.41) is 0. The van der Waals surface area contributed by atoms with Gasteiger partial charge in [-0.15, -0.1) is 0 Å². The highest BCUT2D eigenvalue weighted by atomic mass is 79.9. The first kappa shape index (κ1) is 16.0. The number of nitrogens with zero attached hydrogens (tertiary/aromatic N) is 1. The second-order valence-electron chi connectivity index (χ2n) is 6.05. The minimum absolute atomic E-state index is 0.116. The van der Waals surface area contributed by atoms with E-state index in [9.17, 15) is 4.79 Å². The van der Waals surface area contributed by atoms with Gasteiger partial charge in [-0.3, -0.25) is 4.79 Å². The number of nitrogens with one attached hydrogen (secondary N) is 1. The van der Waals surface area contributed by atoms with Crippen LogP contribution in [0.2, 0.25) is 0 Å². The van der Waals surface area contributed by atoms with Crippen LogP contribution >= 0.6 is 15.9 Å². The van der Waals surface area contributed by atoms with Gasteiger partial charge in [0.1, 0.15) is 10.3 Å². The molecule has 0 amide bonds. The number of hydrogen-bond donors (Lipinski definition) is 1. The Labute approximate surface area is 134 Å². The Morgan fingerprint density at radius 3 is 2.29 bits per heavy atom. The molecule has 0 saturated heterocycles. The van der Waals surface area contributed by atoms with Gasteiger partial charge in [-0.25, -0.2) is 4.98 Å². The van der Waals surface area contributed by atoms with Crippen molar-refractivity contribution in [1.82, 2.24) is 9.97 Å². The number of rotatable bonds is 3. The van der Waals surface area contributed by atoms with Crippen molar-refractivity contribution in [1.29, 1.82) is 0 Å². The average molecular weight is 349 g/mol. The SMILES string of the molecule is Cc1cc(C)c(-c2nc(CC(C)C)c(Br)c(=O)[nH]2)c(C)c1. The third kappa shape index (κ3) is 3.43. The predicted molar refractivity (Wildman–Crippen MR) is 90.7 cm³/mol. The van der Waals surface area contributed by atoms with Crippen LogP contribution in [-0.2, 0) is 6.42 Å². The second kappa shape index (κ2) is 6.14. The molecule has 1 heterocycles. The number of hydrogen-bond acceptors (Lipinski definition) is 2. The molecule has 0 aliphatic rings. The largest absolute Gasteiger partial charge is 0.306 e. The van der Waals surface area contributed by atoms with Crippen LogP contribution < -0.4 is 5.56 Å². The summed E-state index contributed by atoms with van der Waals surface area (Å²) >= 11 is 3.36. The third-order valence-electron chi connectivity index (χ3n) is 3.45. The summed E-state index contributed by atoms with van der Waals surface area (Å²) in [7, 11) is 0. The van der Waals surface area contributed by atoms with Crippen LogP contribution in [0.3, 0.4) is 0 Å². The van der Waals surface area contributed by atoms with E-state index in [1.807, 2.05) is 0 Å². The zero-order valence-corrected chi connectivity index (χ0v) is 14.8. The van der Waals surface area contributed by atoms with Gasteiger partial charge < -0.3 is 4.98 Å². The summed E-state index contributed by atoms with van der Waals surface area (Å²) in [6.07, 6.45) is 0.779. The van der Waals surface area contributed by atoms with Gasteiger partial charge in [0.05, 0.1) is 5.69 Å². The maximum atomic E-state index is 12.2. The van der Waals surface area contributed by atoms with Gasteiger partial charge in [0, 0.05) is 5.56 Å². The smallest absolute Gasteiger partial charge is 0.265 e. The van der Waals surface area contributed by atoms with Crippen LogP contribution in [0, 0.1) is 26.7 Å². The lowest BCUT2D eigenvalue weighted by molar-refractivity contribution is 0.631. The fourth-order valence-electron chi connectivity index (χ4n) is 2.70. The van der Waals surface area contributed by atoms with Crippen molar-refractivity contribution in [3.8, 4) is 11.4 Å². The highest BCUT2D eigenvalue weighted by Gasteiger charge is 2.14. The molecule has 3 nitrogen and oxygen atoms in total. The zero-order valence-electron chi connectivity index (χ0n) is 13.2. The Hall–Kier alpha value is -1.42. The lowest BCUT2D eigenvalue weighted by Gasteiger charge is -2.13. The molecule has 0 aliphatic carbocycles. The molecule has 0 atom stereocenters. The molecule has 0 radical (unpaired) electrons. The molecule has 1 N–H and O–H groups in total. The van der Waals surface area contributed by atoms with Crippen molar-refractivity contribution < 1.29 is 0 Å². The quantitative estimate of drug-likeness (QED) is 0.897. The molecule has 0 aliphatic heterocycles. The molecule has 112 valence electrons. The van der Waals surface area contributed by atoms with Gasteiger partial charge in [0.2, 0.25) is 0 Å². The van der Waals surface area contributed by atoms with Crippen LogP contribution in [0.25, 0.3) is 11.4 Å². The van der Waals surface area contributed by atoms with E-state index in [4.69, 9.17) is 4.98 Å². The Balaban J connectivity index is 2.65. The molecule has 0 bridgehead atoms. The summed E-state index contributed by atoms with van der Waals surface area (Å²) in [6.45, 7) is 10.4. The van der Waals surface area contributed by atoms with Crippen molar-refractivity contribution in [2.24, 2.45) is 5.92 Å². The second-order valence-corrected chi connectivity index (χ2v) is 6.84. The summed E-state index contributed by atoms with van der Waals surface area (Å²) in [5.41, 5.74) is 5.21. The van der Waals surface area contributed by atoms with Crippen molar-refractivity contribution in [3.63, 3.8) is 0 Å². The van der Waals surface area contributed by atoms with Crippen LogP contribution in [0.5, 0.6) is 0 Å². The molecule has 2 rings (SSSR count). The molecule has 0 saturated carbocycles. The van der Waals surface area contributed by atoms with Crippen molar-refractivity contribution in [3.05, 3.63) is 49.3 Å². The summed E-state index contributed by atoms with van der Waals surface area (Å²) in [6, 6.07) is 4.24.